The number of ether oxygens (including phenoxy) is 2. The van der Waals surface area contributed by atoms with Crippen molar-refractivity contribution in [2.75, 3.05) is 13.2 Å². The Labute approximate surface area is 115 Å². The standard InChI is InChI=1S/C12H12Cl2O4/c1-3-17-7-5-8(11(13)15)10(18-4-2)9(6-7)12(14)16/h5-6H,3-4H2,1-2H3. The first-order valence-electron chi connectivity index (χ1n) is 5.34. The van der Waals surface area contributed by atoms with Gasteiger partial charge in [0, 0.05) is 0 Å². The molecule has 0 atom stereocenters. The third kappa shape index (κ3) is 3.37. The molecule has 4 nitrogen and oxygen atoms in total. The van der Waals surface area contributed by atoms with Gasteiger partial charge in [-0.05, 0) is 49.2 Å². The Kier molecular flexibility index (Phi) is 5.44. The van der Waals surface area contributed by atoms with E-state index in [9.17, 15) is 9.59 Å². The maximum atomic E-state index is 11.3. The SMILES string of the molecule is CCOc1cc(C(=O)Cl)c(OCC)c(C(=O)Cl)c1. The first kappa shape index (κ1) is 14.8. The van der Waals surface area contributed by atoms with Crippen LogP contribution in [0, 0.1) is 0 Å². The third-order valence-electron chi connectivity index (χ3n) is 2.09. The van der Waals surface area contributed by atoms with E-state index in [-0.39, 0.29) is 23.5 Å². The maximum Gasteiger partial charge on any atom is 0.256 e. The molecule has 0 unspecified atom stereocenters. The van der Waals surface area contributed by atoms with Crippen molar-refractivity contribution < 1.29 is 19.1 Å². The van der Waals surface area contributed by atoms with Gasteiger partial charge in [-0.15, -0.1) is 0 Å². The summed E-state index contributed by atoms with van der Waals surface area (Å²) in [4.78, 5) is 22.7. The van der Waals surface area contributed by atoms with Crippen LogP contribution in [0.15, 0.2) is 12.1 Å². The van der Waals surface area contributed by atoms with E-state index in [1.165, 1.54) is 12.1 Å². The Hall–Kier alpha value is -1.26. The fraction of sp³-hybridized carbons (Fsp3) is 0.333. The number of halogens is 2. The van der Waals surface area contributed by atoms with Gasteiger partial charge in [-0.25, -0.2) is 0 Å². The van der Waals surface area contributed by atoms with E-state index >= 15 is 0 Å². The molecular formula is C12H12Cl2O4. The zero-order chi connectivity index (χ0) is 13.7. The molecular weight excluding hydrogens is 279 g/mol. The average molecular weight is 291 g/mol. The summed E-state index contributed by atoms with van der Waals surface area (Å²) in [6.45, 7) is 4.17. The fourth-order valence-electron chi connectivity index (χ4n) is 1.44. The number of hydrogen-bond donors (Lipinski definition) is 0. The van der Waals surface area contributed by atoms with E-state index in [4.69, 9.17) is 32.7 Å². The summed E-state index contributed by atoms with van der Waals surface area (Å²) < 4.78 is 10.5. The summed E-state index contributed by atoms with van der Waals surface area (Å²) in [6.07, 6.45) is 0. The predicted molar refractivity (Wildman–Crippen MR) is 69.1 cm³/mol. The minimum Gasteiger partial charge on any atom is -0.494 e. The minimum atomic E-state index is -0.737. The molecule has 1 rings (SSSR count). The molecule has 18 heavy (non-hydrogen) atoms. The van der Waals surface area contributed by atoms with Crippen molar-refractivity contribution >= 4 is 33.7 Å². The van der Waals surface area contributed by atoms with E-state index < -0.39 is 10.5 Å². The van der Waals surface area contributed by atoms with Crippen LogP contribution in [0.5, 0.6) is 11.5 Å². The zero-order valence-electron chi connectivity index (χ0n) is 9.96. The Morgan fingerprint density at radius 3 is 1.78 bits per heavy atom. The Morgan fingerprint density at radius 1 is 1.00 bits per heavy atom. The molecule has 0 bridgehead atoms. The lowest BCUT2D eigenvalue weighted by atomic mass is 10.1. The second kappa shape index (κ2) is 6.61. The van der Waals surface area contributed by atoms with Gasteiger partial charge in [0.1, 0.15) is 11.5 Å². The molecule has 1 aromatic rings. The first-order chi connectivity index (χ1) is 8.51. The van der Waals surface area contributed by atoms with Crippen molar-refractivity contribution in [3.63, 3.8) is 0 Å². The molecule has 0 aliphatic heterocycles. The number of carbonyl (C=O) groups is 2. The quantitative estimate of drug-likeness (QED) is 0.755. The van der Waals surface area contributed by atoms with Crippen LogP contribution in [0.3, 0.4) is 0 Å². The zero-order valence-corrected chi connectivity index (χ0v) is 11.5. The van der Waals surface area contributed by atoms with Crippen LogP contribution < -0.4 is 9.47 Å². The molecule has 6 heteroatoms. The van der Waals surface area contributed by atoms with Crippen LogP contribution in [0.1, 0.15) is 34.6 Å². The summed E-state index contributed by atoms with van der Waals surface area (Å²) in [6, 6.07) is 2.85. The van der Waals surface area contributed by atoms with Crippen molar-refractivity contribution in [3.05, 3.63) is 23.3 Å². The molecule has 0 amide bonds. The normalized spacial score (nSPS) is 10.0. The van der Waals surface area contributed by atoms with Gasteiger partial charge in [-0.2, -0.15) is 0 Å². The van der Waals surface area contributed by atoms with Crippen molar-refractivity contribution in [2.24, 2.45) is 0 Å². The lowest BCUT2D eigenvalue weighted by Crippen LogP contribution is -2.06. The van der Waals surface area contributed by atoms with Crippen molar-refractivity contribution in [3.8, 4) is 11.5 Å². The molecule has 98 valence electrons. The highest BCUT2D eigenvalue weighted by Crippen LogP contribution is 2.32. The Morgan fingerprint density at radius 2 is 1.44 bits per heavy atom. The van der Waals surface area contributed by atoms with Gasteiger partial charge in [0.15, 0.2) is 0 Å². The predicted octanol–water partition coefficient (Wildman–Crippen LogP) is 3.24. The van der Waals surface area contributed by atoms with Crippen molar-refractivity contribution in [2.45, 2.75) is 13.8 Å². The molecule has 0 aliphatic carbocycles. The van der Waals surface area contributed by atoms with E-state index in [1.807, 2.05) is 0 Å². The van der Waals surface area contributed by atoms with E-state index in [1.54, 1.807) is 13.8 Å². The number of hydrogen-bond acceptors (Lipinski definition) is 4. The number of carbonyl (C=O) groups excluding carboxylic acids is 2. The lowest BCUT2D eigenvalue weighted by Gasteiger charge is -2.13. The first-order valence-corrected chi connectivity index (χ1v) is 6.10. The summed E-state index contributed by atoms with van der Waals surface area (Å²) in [7, 11) is 0. The highest BCUT2D eigenvalue weighted by molar-refractivity contribution is 6.69. The van der Waals surface area contributed by atoms with E-state index in [0.717, 1.165) is 0 Å². The Balaban J connectivity index is 3.44. The molecule has 1 aromatic carbocycles. The summed E-state index contributed by atoms with van der Waals surface area (Å²) in [5.41, 5.74) is 0.127. The lowest BCUT2D eigenvalue weighted by molar-refractivity contribution is 0.107. The maximum absolute atomic E-state index is 11.3. The van der Waals surface area contributed by atoms with Gasteiger partial charge in [0.2, 0.25) is 0 Å². The highest BCUT2D eigenvalue weighted by atomic mass is 35.5. The molecule has 0 fully saturated rings. The largest absolute Gasteiger partial charge is 0.494 e. The van der Waals surface area contributed by atoms with Gasteiger partial charge in [0.25, 0.3) is 10.5 Å². The summed E-state index contributed by atoms with van der Waals surface area (Å²) in [5, 5.41) is -1.47. The second-order valence-electron chi connectivity index (χ2n) is 3.26. The smallest absolute Gasteiger partial charge is 0.256 e. The molecule has 0 aliphatic rings. The molecule has 0 saturated heterocycles. The second-order valence-corrected chi connectivity index (χ2v) is 3.95. The monoisotopic (exact) mass is 290 g/mol. The van der Waals surface area contributed by atoms with Gasteiger partial charge < -0.3 is 9.47 Å². The summed E-state index contributed by atoms with van der Waals surface area (Å²) in [5.74, 6) is 0.426. The number of benzene rings is 1. The van der Waals surface area contributed by atoms with Gasteiger partial charge >= 0.3 is 0 Å². The summed E-state index contributed by atoms with van der Waals surface area (Å²) >= 11 is 10.9. The molecule has 0 heterocycles. The van der Waals surface area contributed by atoms with Crippen LogP contribution in [-0.4, -0.2) is 23.7 Å². The van der Waals surface area contributed by atoms with E-state index in [2.05, 4.69) is 0 Å². The third-order valence-corrected chi connectivity index (χ3v) is 2.49. The highest BCUT2D eigenvalue weighted by Gasteiger charge is 2.20. The van der Waals surface area contributed by atoms with Gasteiger partial charge in [-0.1, -0.05) is 0 Å². The average Bonchev–Trinajstić information content (AvgIpc) is 2.30. The molecule has 0 aromatic heterocycles. The van der Waals surface area contributed by atoms with Gasteiger partial charge in [-0.3, -0.25) is 9.59 Å². The van der Waals surface area contributed by atoms with Gasteiger partial charge in [0.05, 0.1) is 24.3 Å². The molecule has 0 N–H and O–H groups in total. The van der Waals surface area contributed by atoms with Crippen LogP contribution in [0.4, 0.5) is 0 Å². The van der Waals surface area contributed by atoms with Crippen LogP contribution in [0.25, 0.3) is 0 Å². The van der Waals surface area contributed by atoms with Crippen molar-refractivity contribution in [1.82, 2.24) is 0 Å². The Bertz CT molecular complexity index is 436. The molecule has 0 radical (unpaired) electrons. The van der Waals surface area contributed by atoms with E-state index in [0.29, 0.717) is 12.4 Å². The molecule has 0 saturated carbocycles. The van der Waals surface area contributed by atoms with Crippen LogP contribution in [0.2, 0.25) is 0 Å². The van der Waals surface area contributed by atoms with Crippen molar-refractivity contribution in [1.29, 1.82) is 0 Å². The molecule has 0 spiro atoms. The fourth-order valence-corrected chi connectivity index (χ4v) is 1.72. The minimum absolute atomic E-state index is 0.0634. The van der Waals surface area contributed by atoms with Crippen LogP contribution in [-0.2, 0) is 0 Å². The topological polar surface area (TPSA) is 52.6 Å². The number of rotatable bonds is 6. The van der Waals surface area contributed by atoms with Crippen LogP contribution >= 0.6 is 23.2 Å².